The van der Waals surface area contributed by atoms with Gasteiger partial charge in [-0.25, -0.2) is 23.5 Å². The van der Waals surface area contributed by atoms with Crippen molar-refractivity contribution in [2.24, 2.45) is 5.92 Å². The summed E-state index contributed by atoms with van der Waals surface area (Å²) in [6.07, 6.45) is -8.56. The van der Waals surface area contributed by atoms with E-state index in [1.54, 1.807) is 38.1 Å². The van der Waals surface area contributed by atoms with Crippen LogP contribution < -0.4 is 0 Å². The van der Waals surface area contributed by atoms with E-state index in [0.29, 0.717) is 5.52 Å². The normalized spacial score (nSPS) is 13.2. The molecular weight excluding hydrogens is 471 g/mol. The predicted octanol–water partition coefficient (Wildman–Crippen LogP) is 6.65. The Bertz CT molecular complexity index is 1110. The third-order valence-corrected chi connectivity index (χ3v) is 6.44. The molecule has 4 nitrogen and oxygen atoms in total. The van der Waals surface area contributed by atoms with Crippen LogP contribution in [0.2, 0.25) is 0 Å². The minimum absolute atomic E-state index is 0.0902. The molecule has 3 rings (SSSR count). The maximum atomic E-state index is 14.0. The summed E-state index contributed by atoms with van der Waals surface area (Å²) in [5.74, 6) is -1.44. The van der Waals surface area contributed by atoms with Crippen LogP contribution in [-0.2, 0) is 17.3 Å². The minimum Gasteiger partial charge on any atom is -0.465 e. The van der Waals surface area contributed by atoms with Crippen LogP contribution in [-0.4, -0.2) is 23.0 Å². The highest BCUT2D eigenvalue weighted by molar-refractivity contribution is 7.81. The summed E-state index contributed by atoms with van der Waals surface area (Å²) in [5.41, 5.74) is -3.51. The number of rotatable bonds is 6. The summed E-state index contributed by atoms with van der Waals surface area (Å²) >= 11 is 5.54. The van der Waals surface area contributed by atoms with Gasteiger partial charge in [-0.1, -0.05) is 26.0 Å². The van der Waals surface area contributed by atoms with Crippen LogP contribution in [0.15, 0.2) is 24.3 Å². The van der Waals surface area contributed by atoms with Gasteiger partial charge in [0.2, 0.25) is 0 Å². The second kappa shape index (κ2) is 9.30. The van der Waals surface area contributed by atoms with Crippen molar-refractivity contribution >= 4 is 40.2 Å². The fourth-order valence-corrected chi connectivity index (χ4v) is 4.88. The molecule has 1 atom stereocenters. The van der Waals surface area contributed by atoms with E-state index in [0.717, 1.165) is 23.1 Å². The molecule has 0 aliphatic rings. The third kappa shape index (κ3) is 4.73. The molecule has 0 spiro atoms. The zero-order valence-electron chi connectivity index (χ0n) is 17.2. The zero-order chi connectivity index (χ0) is 23.8. The Balaban J connectivity index is 2.40. The van der Waals surface area contributed by atoms with Gasteiger partial charge in [-0.3, -0.25) is 0 Å². The number of nitrogens with zero attached hydrogens (tertiary/aromatic N) is 2. The molecule has 0 amide bonds. The maximum Gasteiger partial charge on any atom is 0.433 e. The van der Waals surface area contributed by atoms with Crippen molar-refractivity contribution in [3.63, 3.8) is 0 Å². The number of aromatic nitrogens is 2. The van der Waals surface area contributed by atoms with Gasteiger partial charge in [0.1, 0.15) is 16.4 Å². The van der Waals surface area contributed by atoms with Gasteiger partial charge in [0, 0.05) is 5.56 Å². The van der Waals surface area contributed by atoms with E-state index in [1.807, 2.05) is 0 Å². The Kier molecular flexibility index (Phi) is 7.09. The van der Waals surface area contributed by atoms with Crippen LogP contribution in [0.4, 0.5) is 22.0 Å². The molecule has 11 heteroatoms. The molecule has 2 heterocycles. The molecule has 0 N–H and O–H groups in total. The van der Waals surface area contributed by atoms with Crippen molar-refractivity contribution in [1.82, 2.24) is 9.97 Å². The van der Waals surface area contributed by atoms with Crippen molar-refractivity contribution < 1.29 is 31.5 Å². The lowest BCUT2D eigenvalue weighted by Crippen LogP contribution is -2.23. The number of hydrogen-bond acceptors (Lipinski definition) is 6. The standard InChI is InChI=1S/C21H19F5N2O2S2/c1-9(2)8-10-13(20(29)30-3)15(18(22)23)28-17(21(24,25)26)14(10)16(31)19-27-11-6-4-5-7-12(11)32-19/h4-7,9,16,18,31H,8H2,1-3H3. The average Bonchev–Trinajstić information content (AvgIpc) is 3.15. The number of carbonyl (C=O) groups excluding carboxylic acids is 1. The number of pyridine rings is 1. The summed E-state index contributed by atoms with van der Waals surface area (Å²) in [4.78, 5) is 20.0. The molecular formula is C21H19F5N2O2S2. The van der Waals surface area contributed by atoms with Gasteiger partial charge in [-0.2, -0.15) is 25.8 Å². The highest BCUT2D eigenvalue weighted by Crippen LogP contribution is 2.45. The molecule has 1 unspecified atom stereocenters. The number of carbonyl (C=O) groups is 1. The van der Waals surface area contributed by atoms with Gasteiger partial charge >= 0.3 is 12.1 Å². The summed E-state index contributed by atoms with van der Waals surface area (Å²) in [5, 5.41) is -1.02. The van der Waals surface area contributed by atoms with E-state index in [4.69, 9.17) is 0 Å². The number of methoxy groups -OCH3 is 1. The predicted molar refractivity (Wildman–Crippen MR) is 115 cm³/mol. The first-order valence-corrected chi connectivity index (χ1v) is 10.8. The second-order valence-corrected chi connectivity index (χ2v) is 9.00. The molecule has 1 aromatic carbocycles. The lowest BCUT2D eigenvalue weighted by atomic mass is 9.89. The van der Waals surface area contributed by atoms with Gasteiger partial charge in [0.15, 0.2) is 0 Å². The zero-order valence-corrected chi connectivity index (χ0v) is 18.9. The third-order valence-electron chi connectivity index (χ3n) is 4.67. The molecule has 32 heavy (non-hydrogen) atoms. The van der Waals surface area contributed by atoms with Crippen LogP contribution in [0.25, 0.3) is 10.2 Å². The van der Waals surface area contributed by atoms with Gasteiger partial charge in [-0.05, 0) is 30.0 Å². The van der Waals surface area contributed by atoms with E-state index in [1.165, 1.54) is 0 Å². The van der Waals surface area contributed by atoms with Crippen molar-refractivity contribution in [3.8, 4) is 0 Å². The Morgan fingerprint density at radius 3 is 2.38 bits per heavy atom. The number of halogens is 5. The van der Waals surface area contributed by atoms with Gasteiger partial charge in [-0.15, -0.1) is 11.3 Å². The average molecular weight is 491 g/mol. The van der Waals surface area contributed by atoms with Crippen molar-refractivity contribution in [3.05, 3.63) is 57.4 Å². The van der Waals surface area contributed by atoms with E-state index >= 15 is 0 Å². The summed E-state index contributed by atoms with van der Waals surface area (Å²) < 4.78 is 74.9. The molecule has 0 saturated carbocycles. The lowest BCUT2D eigenvalue weighted by Gasteiger charge is -2.24. The summed E-state index contributed by atoms with van der Waals surface area (Å²) in [6, 6.07) is 6.96. The quantitative estimate of drug-likeness (QED) is 0.239. The molecule has 0 aliphatic carbocycles. The van der Waals surface area contributed by atoms with Crippen LogP contribution in [0.5, 0.6) is 0 Å². The number of para-hydroxylation sites is 1. The smallest absolute Gasteiger partial charge is 0.433 e. The fourth-order valence-electron chi connectivity index (χ4n) is 3.42. The molecule has 0 fully saturated rings. The van der Waals surface area contributed by atoms with E-state index in [2.05, 4.69) is 27.3 Å². The first kappa shape index (κ1) is 24.4. The second-order valence-electron chi connectivity index (χ2n) is 7.42. The number of thiol groups is 1. The fraction of sp³-hybridized carbons (Fsp3) is 0.381. The number of thiazole rings is 1. The summed E-state index contributed by atoms with van der Waals surface area (Å²) in [7, 11) is 0.972. The highest BCUT2D eigenvalue weighted by atomic mass is 32.1. The van der Waals surface area contributed by atoms with E-state index < -0.39 is 46.3 Å². The maximum absolute atomic E-state index is 14.0. The van der Waals surface area contributed by atoms with Crippen LogP contribution >= 0.6 is 24.0 Å². The van der Waals surface area contributed by atoms with Crippen molar-refractivity contribution in [1.29, 1.82) is 0 Å². The van der Waals surface area contributed by atoms with Crippen LogP contribution in [0.1, 0.15) is 63.4 Å². The molecule has 0 bridgehead atoms. The van der Waals surface area contributed by atoms with Gasteiger partial charge < -0.3 is 4.74 Å². The first-order valence-electron chi connectivity index (χ1n) is 9.49. The van der Waals surface area contributed by atoms with Gasteiger partial charge in [0.25, 0.3) is 6.43 Å². The monoisotopic (exact) mass is 490 g/mol. The van der Waals surface area contributed by atoms with Crippen molar-refractivity contribution in [2.45, 2.75) is 38.1 Å². The number of benzene rings is 1. The minimum atomic E-state index is -5.06. The summed E-state index contributed by atoms with van der Waals surface area (Å²) in [6.45, 7) is 3.40. The van der Waals surface area contributed by atoms with E-state index in [9.17, 15) is 26.7 Å². The number of hydrogen-bond donors (Lipinski definition) is 1. The molecule has 2 aromatic heterocycles. The molecule has 0 saturated heterocycles. The Morgan fingerprint density at radius 1 is 1.19 bits per heavy atom. The first-order chi connectivity index (χ1) is 15.0. The Morgan fingerprint density at radius 2 is 1.84 bits per heavy atom. The number of fused-ring (bicyclic) bond motifs is 1. The SMILES string of the molecule is COC(=O)c1c(C(F)F)nc(C(F)(F)F)c(C(S)c2nc3ccccc3s2)c1CC(C)C. The molecule has 3 aromatic rings. The number of alkyl halides is 5. The van der Waals surface area contributed by atoms with Gasteiger partial charge in [0.05, 0.1) is 28.1 Å². The molecule has 172 valence electrons. The van der Waals surface area contributed by atoms with Crippen LogP contribution in [0.3, 0.4) is 0 Å². The highest BCUT2D eigenvalue weighted by Gasteiger charge is 2.42. The largest absolute Gasteiger partial charge is 0.465 e. The Hall–Kier alpha value is -2.27. The number of esters is 1. The van der Waals surface area contributed by atoms with Crippen LogP contribution in [0, 0.1) is 5.92 Å². The topological polar surface area (TPSA) is 52.1 Å². The molecule has 0 aliphatic heterocycles. The number of ether oxygens (including phenoxy) is 1. The molecule has 0 radical (unpaired) electrons. The van der Waals surface area contributed by atoms with Crippen molar-refractivity contribution in [2.75, 3.05) is 7.11 Å². The van der Waals surface area contributed by atoms with E-state index in [-0.39, 0.29) is 22.9 Å². The lowest BCUT2D eigenvalue weighted by molar-refractivity contribution is -0.142. The Labute approximate surface area is 190 Å².